The second-order valence-corrected chi connectivity index (χ2v) is 4.87. The van der Waals surface area contributed by atoms with Gasteiger partial charge in [0, 0.05) is 12.1 Å². The number of benzene rings is 2. The average Bonchev–Trinajstić information content (AvgIpc) is 2.41. The molecular formula is C15H14F2N2S. The van der Waals surface area contributed by atoms with Gasteiger partial charge in [-0.25, -0.2) is 8.78 Å². The van der Waals surface area contributed by atoms with Crippen LogP contribution in [0, 0.1) is 18.6 Å². The van der Waals surface area contributed by atoms with Crippen LogP contribution in [-0.4, -0.2) is 4.99 Å². The van der Waals surface area contributed by atoms with E-state index in [9.17, 15) is 8.78 Å². The fourth-order valence-corrected chi connectivity index (χ4v) is 2.03. The van der Waals surface area contributed by atoms with Crippen LogP contribution in [0.3, 0.4) is 0 Å². The summed E-state index contributed by atoms with van der Waals surface area (Å²) in [5.41, 5.74) is 7.43. The van der Waals surface area contributed by atoms with Gasteiger partial charge in [-0.2, -0.15) is 0 Å². The number of nitrogens with two attached hydrogens (primary N) is 1. The molecule has 2 rings (SSSR count). The van der Waals surface area contributed by atoms with E-state index >= 15 is 0 Å². The van der Waals surface area contributed by atoms with Crippen molar-refractivity contribution in [1.82, 2.24) is 0 Å². The van der Waals surface area contributed by atoms with Crippen molar-refractivity contribution in [3.05, 3.63) is 64.7 Å². The van der Waals surface area contributed by atoms with Gasteiger partial charge in [0.15, 0.2) is 11.6 Å². The molecule has 0 aliphatic rings. The van der Waals surface area contributed by atoms with E-state index in [-0.39, 0.29) is 16.2 Å². The van der Waals surface area contributed by atoms with Gasteiger partial charge in [0.1, 0.15) is 4.99 Å². The van der Waals surface area contributed by atoms with Crippen LogP contribution in [0.4, 0.5) is 14.5 Å². The molecule has 2 aromatic carbocycles. The molecule has 0 unspecified atom stereocenters. The highest BCUT2D eigenvalue weighted by Crippen LogP contribution is 2.21. The topological polar surface area (TPSA) is 38.0 Å². The highest BCUT2D eigenvalue weighted by molar-refractivity contribution is 7.80. The molecule has 104 valence electrons. The largest absolute Gasteiger partial charge is 0.389 e. The predicted octanol–water partition coefficient (Wildman–Crippen LogP) is 3.52. The Kier molecular flexibility index (Phi) is 4.29. The average molecular weight is 292 g/mol. The summed E-state index contributed by atoms with van der Waals surface area (Å²) in [5, 5.41) is 2.88. The standard InChI is InChI=1S/C15H14F2N2S/c1-9-4-2-3-5-10(9)8-19-12-7-6-11(15(18)20)13(16)14(12)17/h2-7,19H,8H2,1H3,(H2,18,20). The predicted molar refractivity (Wildman–Crippen MR) is 80.8 cm³/mol. The quantitative estimate of drug-likeness (QED) is 0.847. The maximum Gasteiger partial charge on any atom is 0.182 e. The molecule has 0 aromatic heterocycles. The van der Waals surface area contributed by atoms with Crippen LogP contribution < -0.4 is 11.1 Å². The lowest BCUT2D eigenvalue weighted by atomic mass is 10.1. The van der Waals surface area contributed by atoms with Crippen LogP contribution in [0.5, 0.6) is 0 Å². The smallest absolute Gasteiger partial charge is 0.182 e. The van der Waals surface area contributed by atoms with E-state index in [1.165, 1.54) is 12.1 Å². The van der Waals surface area contributed by atoms with E-state index in [2.05, 4.69) is 17.5 Å². The van der Waals surface area contributed by atoms with Gasteiger partial charge in [-0.1, -0.05) is 36.5 Å². The van der Waals surface area contributed by atoms with E-state index in [4.69, 9.17) is 5.73 Å². The Morgan fingerprint density at radius 1 is 1.15 bits per heavy atom. The van der Waals surface area contributed by atoms with Crippen molar-refractivity contribution < 1.29 is 8.78 Å². The molecule has 0 heterocycles. The fourth-order valence-electron chi connectivity index (χ4n) is 1.88. The van der Waals surface area contributed by atoms with Crippen molar-refractivity contribution in [3.63, 3.8) is 0 Å². The maximum atomic E-state index is 13.9. The fraction of sp³-hybridized carbons (Fsp3) is 0.133. The van der Waals surface area contributed by atoms with Crippen LogP contribution in [0.1, 0.15) is 16.7 Å². The number of aryl methyl sites for hydroxylation is 1. The lowest BCUT2D eigenvalue weighted by molar-refractivity contribution is 0.509. The zero-order chi connectivity index (χ0) is 14.7. The van der Waals surface area contributed by atoms with Gasteiger partial charge in [0.25, 0.3) is 0 Å². The molecule has 0 atom stereocenters. The van der Waals surface area contributed by atoms with Gasteiger partial charge in [0.05, 0.1) is 5.69 Å². The third-order valence-electron chi connectivity index (χ3n) is 3.08. The Balaban J connectivity index is 2.21. The lowest BCUT2D eigenvalue weighted by Gasteiger charge is -2.11. The first-order valence-corrected chi connectivity index (χ1v) is 6.47. The first-order chi connectivity index (χ1) is 9.50. The van der Waals surface area contributed by atoms with Crippen molar-refractivity contribution in [2.45, 2.75) is 13.5 Å². The number of hydrogen-bond donors (Lipinski definition) is 2. The molecule has 0 radical (unpaired) electrons. The summed E-state index contributed by atoms with van der Waals surface area (Å²) in [6, 6.07) is 10.5. The maximum absolute atomic E-state index is 13.9. The zero-order valence-electron chi connectivity index (χ0n) is 10.9. The van der Waals surface area contributed by atoms with Crippen LogP contribution in [0.15, 0.2) is 36.4 Å². The van der Waals surface area contributed by atoms with Crippen molar-refractivity contribution in [2.24, 2.45) is 5.73 Å². The first-order valence-electron chi connectivity index (χ1n) is 6.07. The van der Waals surface area contributed by atoms with Gasteiger partial charge in [-0.3, -0.25) is 0 Å². The zero-order valence-corrected chi connectivity index (χ0v) is 11.7. The number of halogens is 2. The molecule has 0 aliphatic heterocycles. The minimum absolute atomic E-state index is 0.0843. The lowest BCUT2D eigenvalue weighted by Crippen LogP contribution is -2.14. The highest BCUT2D eigenvalue weighted by Gasteiger charge is 2.14. The van der Waals surface area contributed by atoms with Crippen LogP contribution in [-0.2, 0) is 6.54 Å². The number of nitrogens with one attached hydrogen (secondary N) is 1. The molecule has 5 heteroatoms. The minimum Gasteiger partial charge on any atom is -0.389 e. The molecule has 0 aliphatic carbocycles. The normalized spacial score (nSPS) is 10.3. The number of thiocarbonyl (C=S) groups is 1. The van der Waals surface area contributed by atoms with Gasteiger partial charge in [-0.15, -0.1) is 0 Å². The molecule has 0 spiro atoms. The molecule has 3 N–H and O–H groups in total. The Labute approximate surface area is 121 Å². The Bertz CT molecular complexity index is 656. The number of hydrogen-bond acceptors (Lipinski definition) is 2. The Morgan fingerprint density at radius 2 is 1.85 bits per heavy atom. The summed E-state index contributed by atoms with van der Waals surface area (Å²) in [7, 11) is 0. The Morgan fingerprint density at radius 3 is 2.50 bits per heavy atom. The van der Waals surface area contributed by atoms with Crippen LogP contribution >= 0.6 is 12.2 Å². The highest BCUT2D eigenvalue weighted by atomic mass is 32.1. The van der Waals surface area contributed by atoms with Gasteiger partial charge in [-0.05, 0) is 30.2 Å². The second-order valence-electron chi connectivity index (χ2n) is 4.43. The van der Waals surface area contributed by atoms with E-state index in [1.807, 2.05) is 31.2 Å². The molecular weight excluding hydrogens is 278 g/mol. The second kappa shape index (κ2) is 5.96. The molecule has 2 nitrogen and oxygen atoms in total. The van der Waals surface area contributed by atoms with Crippen molar-refractivity contribution in [2.75, 3.05) is 5.32 Å². The molecule has 0 bridgehead atoms. The summed E-state index contributed by atoms with van der Waals surface area (Å²) in [5.74, 6) is -1.99. The minimum atomic E-state index is -1.02. The molecule has 20 heavy (non-hydrogen) atoms. The van der Waals surface area contributed by atoms with Gasteiger partial charge >= 0.3 is 0 Å². The summed E-state index contributed by atoms with van der Waals surface area (Å²) >= 11 is 4.66. The molecule has 2 aromatic rings. The third kappa shape index (κ3) is 2.93. The summed E-state index contributed by atoms with van der Waals surface area (Å²) in [6.07, 6.45) is 0. The van der Waals surface area contributed by atoms with Crippen molar-refractivity contribution in [3.8, 4) is 0 Å². The van der Waals surface area contributed by atoms with Crippen molar-refractivity contribution in [1.29, 1.82) is 0 Å². The molecule has 0 amide bonds. The van der Waals surface area contributed by atoms with Gasteiger partial charge in [0.2, 0.25) is 0 Å². The molecule has 0 saturated heterocycles. The summed E-state index contributed by atoms with van der Waals surface area (Å²) in [6.45, 7) is 2.37. The van der Waals surface area contributed by atoms with Gasteiger partial charge < -0.3 is 11.1 Å². The third-order valence-corrected chi connectivity index (χ3v) is 3.30. The van der Waals surface area contributed by atoms with Crippen LogP contribution in [0.25, 0.3) is 0 Å². The molecule has 0 saturated carbocycles. The van der Waals surface area contributed by atoms with E-state index in [0.717, 1.165) is 11.1 Å². The van der Waals surface area contributed by atoms with Crippen LogP contribution in [0.2, 0.25) is 0 Å². The van der Waals surface area contributed by atoms with E-state index in [1.54, 1.807) is 0 Å². The summed E-state index contributed by atoms with van der Waals surface area (Å²) in [4.78, 5) is -0.160. The SMILES string of the molecule is Cc1ccccc1CNc1ccc(C(N)=S)c(F)c1F. The monoisotopic (exact) mass is 292 g/mol. The Hall–Kier alpha value is -2.01. The van der Waals surface area contributed by atoms with Crippen molar-refractivity contribution >= 4 is 22.9 Å². The number of rotatable bonds is 4. The van der Waals surface area contributed by atoms with E-state index < -0.39 is 11.6 Å². The van der Waals surface area contributed by atoms with E-state index in [0.29, 0.717) is 6.54 Å². The number of anilines is 1. The first kappa shape index (κ1) is 14.4. The summed E-state index contributed by atoms with van der Waals surface area (Å²) < 4.78 is 27.6. The molecule has 0 fully saturated rings.